The van der Waals surface area contributed by atoms with Gasteiger partial charge in [-0.3, -0.25) is 10.1 Å². The van der Waals surface area contributed by atoms with Crippen LogP contribution in [-0.4, -0.2) is 29.7 Å². The molecule has 0 amide bonds. The summed E-state index contributed by atoms with van der Waals surface area (Å²) in [5.41, 5.74) is 7.62. The number of hydrogen-bond donors (Lipinski definition) is 2. The van der Waals surface area contributed by atoms with Gasteiger partial charge >= 0.3 is 0 Å². The molecule has 4 unspecified atom stereocenters. The molecular weight excluding hydrogens is 246 g/mol. The number of aryl methyl sites for hydroxylation is 1. The van der Waals surface area contributed by atoms with Crippen molar-refractivity contribution in [3.8, 4) is 0 Å². The van der Waals surface area contributed by atoms with Crippen molar-refractivity contribution in [1.82, 2.24) is 0 Å². The number of nitrogens with zero attached hydrogens (tertiary/aromatic N) is 1. The summed E-state index contributed by atoms with van der Waals surface area (Å²) < 4.78 is 5.63. The molecule has 2 fully saturated rings. The molecule has 3 rings (SSSR count). The Balaban J connectivity index is 1.86. The van der Waals surface area contributed by atoms with Crippen LogP contribution < -0.4 is 11.1 Å². The summed E-state index contributed by atoms with van der Waals surface area (Å²) in [6, 6.07) is 5.02. The maximum atomic E-state index is 11.1. The summed E-state index contributed by atoms with van der Waals surface area (Å²) >= 11 is 0. The monoisotopic (exact) mass is 263 g/mol. The van der Waals surface area contributed by atoms with Crippen LogP contribution >= 0.6 is 0 Å². The zero-order valence-corrected chi connectivity index (χ0v) is 10.7. The van der Waals surface area contributed by atoms with Crippen LogP contribution in [0.15, 0.2) is 18.2 Å². The van der Waals surface area contributed by atoms with Gasteiger partial charge in [0.15, 0.2) is 0 Å². The predicted molar refractivity (Wildman–Crippen MR) is 71.1 cm³/mol. The number of benzene rings is 1. The standard InChI is InChI=1S/C13H17N3O3/c1-7-3-2-4-9(16(17)18)11(7)15-12-10(14)8-5-6-19-13(8)12/h2-4,8,10,12-13,15H,5-6,14H2,1H3. The molecule has 0 bridgehead atoms. The van der Waals surface area contributed by atoms with E-state index in [1.807, 2.05) is 13.0 Å². The van der Waals surface area contributed by atoms with Crippen molar-refractivity contribution < 1.29 is 9.66 Å². The molecule has 6 nitrogen and oxygen atoms in total. The van der Waals surface area contributed by atoms with E-state index in [1.54, 1.807) is 6.07 Å². The lowest BCUT2D eigenvalue weighted by atomic mass is 9.72. The van der Waals surface area contributed by atoms with E-state index < -0.39 is 0 Å². The van der Waals surface area contributed by atoms with Crippen molar-refractivity contribution in [2.24, 2.45) is 11.7 Å². The number of hydrogen-bond acceptors (Lipinski definition) is 5. The van der Waals surface area contributed by atoms with Crippen molar-refractivity contribution in [2.75, 3.05) is 11.9 Å². The lowest BCUT2D eigenvalue weighted by Gasteiger charge is -2.46. The molecule has 1 aliphatic heterocycles. The molecule has 1 heterocycles. The number of para-hydroxylation sites is 1. The van der Waals surface area contributed by atoms with Crippen molar-refractivity contribution in [1.29, 1.82) is 0 Å². The first kappa shape index (κ1) is 12.4. The van der Waals surface area contributed by atoms with Gasteiger partial charge in [-0.1, -0.05) is 12.1 Å². The highest BCUT2D eigenvalue weighted by molar-refractivity contribution is 5.67. The average molecular weight is 263 g/mol. The quantitative estimate of drug-likeness (QED) is 0.636. The Hall–Kier alpha value is -1.66. The largest absolute Gasteiger partial charge is 0.376 e. The highest BCUT2D eigenvalue weighted by atomic mass is 16.6. The topological polar surface area (TPSA) is 90.4 Å². The van der Waals surface area contributed by atoms with E-state index in [2.05, 4.69) is 5.32 Å². The van der Waals surface area contributed by atoms with Crippen LogP contribution in [0.25, 0.3) is 0 Å². The molecule has 4 atom stereocenters. The fraction of sp³-hybridized carbons (Fsp3) is 0.538. The van der Waals surface area contributed by atoms with E-state index >= 15 is 0 Å². The smallest absolute Gasteiger partial charge is 0.292 e. The van der Waals surface area contributed by atoms with Gasteiger partial charge in [0, 0.05) is 24.6 Å². The maximum Gasteiger partial charge on any atom is 0.292 e. The first-order chi connectivity index (χ1) is 9.09. The van der Waals surface area contributed by atoms with Gasteiger partial charge in [0.1, 0.15) is 5.69 Å². The second-order valence-electron chi connectivity index (χ2n) is 5.26. The number of nitro benzene ring substituents is 1. The van der Waals surface area contributed by atoms with Gasteiger partial charge in [0.25, 0.3) is 5.69 Å². The van der Waals surface area contributed by atoms with Crippen LogP contribution in [0.1, 0.15) is 12.0 Å². The first-order valence-electron chi connectivity index (χ1n) is 6.47. The Morgan fingerprint density at radius 1 is 1.53 bits per heavy atom. The third-order valence-corrected chi connectivity index (χ3v) is 4.20. The Kier molecular flexibility index (Phi) is 2.91. The molecule has 2 aliphatic rings. The fourth-order valence-corrected chi connectivity index (χ4v) is 3.09. The van der Waals surface area contributed by atoms with E-state index in [-0.39, 0.29) is 28.8 Å². The average Bonchev–Trinajstić information content (AvgIpc) is 2.81. The lowest BCUT2D eigenvalue weighted by Crippen LogP contribution is -2.65. The van der Waals surface area contributed by atoms with E-state index in [9.17, 15) is 10.1 Å². The maximum absolute atomic E-state index is 11.1. The predicted octanol–water partition coefficient (Wildman–Crippen LogP) is 1.43. The van der Waals surface area contributed by atoms with Crippen LogP contribution in [0.5, 0.6) is 0 Å². The molecule has 6 heteroatoms. The fourth-order valence-electron chi connectivity index (χ4n) is 3.09. The molecule has 1 aromatic rings. The summed E-state index contributed by atoms with van der Waals surface area (Å²) in [6.45, 7) is 2.59. The number of nitrogens with one attached hydrogen (secondary N) is 1. The van der Waals surface area contributed by atoms with Crippen molar-refractivity contribution >= 4 is 11.4 Å². The summed E-state index contributed by atoms with van der Waals surface area (Å²) in [4.78, 5) is 10.7. The summed E-state index contributed by atoms with van der Waals surface area (Å²) in [7, 11) is 0. The molecule has 1 saturated heterocycles. The second kappa shape index (κ2) is 4.47. The van der Waals surface area contributed by atoms with Gasteiger partial charge in [-0.05, 0) is 18.9 Å². The van der Waals surface area contributed by atoms with Crippen LogP contribution in [0.3, 0.4) is 0 Å². The van der Waals surface area contributed by atoms with Crippen LogP contribution in [0.4, 0.5) is 11.4 Å². The third-order valence-electron chi connectivity index (χ3n) is 4.20. The third kappa shape index (κ3) is 1.87. The van der Waals surface area contributed by atoms with E-state index in [1.165, 1.54) is 6.07 Å². The normalized spacial score (nSPS) is 32.5. The molecule has 1 aromatic carbocycles. The SMILES string of the molecule is Cc1cccc([N+](=O)[O-])c1NC1C(N)C2CCOC21. The Morgan fingerprint density at radius 2 is 2.32 bits per heavy atom. The number of fused-ring (bicyclic) bond motifs is 1. The van der Waals surface area contributed by atoms with Gasteiger partial charge in [-0.15, -0.1) is 0 Å². The van der Waals surface area contributed by atoms with Gasteiger partial charge in [-0.2, -0.15) is 0 Å². The number of anilines is 1. The molecule has 0 aromatic heterocycles. The van der Waals surface area contributed by atoms with E-state index in [0.717, 1.165) is 18.6 Å². The number of nitro groups is 1. The minimum absolute atomic E-state index is 0.00621. The van der Waals surface area contributed by atoms with Crippen molar-refractivity contribution in [2.45, 2.75) is 31.5 Å². The number of nitrogens with two attached hydrogens (primary N) is 1. The Labute approximate surface area is 111 Å². The van der Waals surface area contributed by atoms with Gasteiger partial charge in [-0.25, -0.2) is 0 Å². The zero-order chi connectivity index (χ0) is 13.6. The Morgan fingerprint density at radius 3 is 3.05 bits per heavy atom. The number of rotatable bonds is 3. The van der Waals surface area contributed by atoms with Crippen LogP contribution in [0.2, 0.25) is 0 Å². The summed E-state index contributed by atoms with van der Waals surface area (Å²) in [5.74, 6) is 0.389. The molecule has 102 valence electrons. The van der Waals surface area contributed by atoms with Gasteiger partial charge in [0.05, 0.1) is 17.1 Å². The first-order valence-corrected chi connectivity index (χ1v) is 6.47. The number of ether oxygens (including phenoxy) is 1. The van der Waals surface area contributed by atoms with Crippen molar-refractivity contribution in [3.05, 3.63) is 33.9 Å². The highest BCUT2D eigenvalue weighted by Gasteiger charge is 2.52. The van der Waals surface area contributed by atoms with Gasteiger partial charge < -0.3 is 15.8 Å². The highest BCUT2D eigenvalue weighted by Crippen LogP contribution is 2.41. The van der Waals surface area contributed by atoms with Crippen LogP contribution in [0, 0.1) is 23.0 Å². The molecular formula is C13H17N3O3. The van der Waals surface area contributed by atoms with Gasteiger partial charge in [0.2, 0.25) is 0 Å². The molecule has 1 aliphatic carbocycles. The minimum atomic E-state index is -0.369. The Bertz CT molecular complexity index is 520. The molecule has 1 saturated carbocycles. The lowest BCUT2D eigenvalue weighted by molar-refractivity contribution is -0.384. The summed E-state index contributed by atoms with van der Waals surface area (Å²) in [5, 5.41) is 14.3. The second-order valence-corrected chi connectivity index (χ2v) is 5.26. The molecule has 0 radical (unpaired) electrons. The molecule has 0 spiro atoms. The summed E-state index contributed by atoms with van der Waals surface area (Å²) in [6.07, 6.45) is 1.08. The zero-order valence-electron chi connectivity index (χ0n) is 10.7. The van der Waals surface area contributed by atoms with E-state index in [4.69, 9.17) is 10.5 Å². The van der Waals surface area contributed by atoms with Crippen LogP contribution in [-0.2, 0) is 4.74 Å². The van der Waals surface area contributed by atoms with E-state index in [0.29, 0.717) is 11.6 Å². The van der Waals surface area contributed by atoms with Crippen molar-refractivity contribution in [3.63, 3.8) is 0 Å². The minimum Gasteiger partial charge on any atom is -0.376 e. The molecule has 19 heavy (non-hydrogen) atoms. The molecule has 3 N–H and O–H groups in total.